The normalized spacial score (nSPS) is 11.0. The summed E-state index contributed by atoms with van der Waals surface area (Å²) >= 11 is 1.64. The third-order valence-electron chi connectivity index (χ3n) is 3.81. The quantitative estimate of drug-likeness (QED) is 0.574. The molecular weight excluding hydrogens is 335 g/mol. The van der Waals surface area contributed by atoms with Crippen LogP contribution in [0, 0.1) is 12.7 Å². The standard InChI is InChI=1S/C19H15FN4S/c1-12-9-16-18(22-10-13-4-6-15(20)7-5-13)23-17(24-19(16)25-12)14-3-2-8-21-11-14/h2-9,11H,10H2,1H3,(H,22,23,24). The fourth-order valence-electron chi connectivity index (χ4n) is 2.59. The number of hydrogen-bond donors (Lipinski definition) is 1. The van der Waals surface area contributed by atoms with Crippen molar-refractivity contribution in [3.8, 4) is 11.4 Å². The summed E-state index contributed by atoms with van der Waals surface area (Å²) in [7, 11) is 0. The minimum Gasteiger partial charge on any atom is -0.365 e. The van der Waals surface area contributed by atoms with E-state index in [9.17, 15) is 4.39 Å². The van der Waals surface area contributed by atoms with E-state index in [1.807, 2.05) is 12.1 Å². The van der Waals surface area contributed by atoms with Crippen molar-refractivity contribution in [3.63, 3.8) is 0 Å². The zero-order valence-electron chi connectivity index (χ0n) is 13.5. The molecule has 0 aliphatic heterocycles. The zero-order chi connectivity index (χ0) is 17.2. The van der Waals surface area contributed by atoms with Gasteiger partial charge in [-0.3, -0.25) is 4.98 Å². The minimum atomic E-state index is -0.236. The highest BCUT2D eigenvalue weighted by molar-refractivity contribution is 7.18. The molecule has 124 valence electrons. The van der Waals surface area contributed by atoms with Crippen molar-refractivity contribution in [1.82, 2.24) is 15.0 Å². The average Bonchev–Trinajstić information content (AvgIpc) is 3.02. The van der Waals surface area contributed by atoms with E-state index in [0.717, 1.165) is 27.2 Å². The number of aromatic nitrogens is 3. The second-order valence-electron chi connectivity index (χ2n) is 5.69. The molecule has 0 fully saturated rings. The molecule has 4 aromatic rings. The van der Waals surface area contributed by atoms with Crippen LogP contribution in [0.25, 0.3) is 21.6 Å². The Kier molecular flexibility index (Phi) is 4.11. The molecule has 0 amide bonds. The first-order chi connectivity index (χ1) is 12.2. The van der Waals surface area contributed by atoms with E-state index in [0.29, 0.717) is 12.4 Å². The predicted octanol–water partition coefficient (Wildman–Crippen LogP) is 4.81. The third-order valence-corrected chi connectivity index (χ3v) is 4.75. The van der Waals surface area contributed by atoms with Gasteiger partial charge in [0.25, 0.3) is 0 Å². The molecule has 3 heterocycles. The number of nitrogens with zero attached hydrogens (tertiary/aromatic N) is 3. The van der Waals surface area contributed by atoms with Gasteiger partial charge in [-0.15, -0.1) is 11.3 Å². The zero-order valence-corrected chi connectivity index (χ0v) is 14.3. The molecule has 1 aromatic carbocycles. The highest BCUT2D eigenvalue weighted by Crippen LogP contribution is 2.31. The van der Waals surface area contributed by atoms with Crippen molar-refractivity contribution in [2.45, 2.75) is 13.5 Å². The second-order valence-corrected chi connectivity index (χ2v) is 6.93. The summed E-state index contributed by atoms with van der Waals surface area (Å²) < 4.78 is 13.1. The van der Waals surface area contributed by atoms with E-state index in [4.69, 9.17) is 0 Å². The third kappa shape index (κ3) is 3.34. The van der Waals surface area contributed by atoms with Crippen LogP contribution in [0.2, 0.25) is 0 Å². The van der Waals surface area contributed by atoms with Crippen LogP contribution in [0.3, 0.4) is 0 Å². The smallest absolute Gasteiger partial charge is 0.164 e. The molecule has 4 rings (SSSR count). The van der Waals surface area contributed by atoms with E-state index in [1.165, 1.54) is 17.0 Å². The SMILES string of the molecule is Cc1cc2c(NCc3ccc(F)cc3)nc(-c3cccnc3)nc2s1. The first kappa shape index (κ1) is 15.7. The molecule has 0 aliphatic rings. The molecule has 0 atom stereocenters. The van der Waals surface area contributed by atoms with E-state index < -0.39 is 0 Å². The number of hydrogen-bond acceptors (Lipinski definition) is 5. The Morgan fingerprint density at radius 1 is 1.12 bits per heavy atom. The number of nitrogens with one attached hydrogen (secondary N) is 1. The van der Waals surface area contributed by atoms with Crippen LogP contribution >= 0.6 is 11.3 Å². The molecule has 0 saturated heterocycles. The maximum Gasteiger partial charge on any atom is 0.164 e. The van der Waals surface area contributed by atoms with Crippen LogP contribution < -0.4 is 5.32 Å². The van der Waals surface area contributed by atoms with Crippen molar-refractivity contribution >= 4 is 27.4 Å². The Morgan fingerprint density at radius 2 is 1.96 bits per heavy atom. The number of rotatable bonds is 4. The summed E-state index contributed by atoms with van der Waals surface area (Å²) in [6.45, 7) is 2.62. The average molecular weight is 350 g/mol. The Bertz CT molecular complexity index is 1010. The molecule has 0 bridgehead atoms. The van der Waals surface area contributed by atoms with Gasteiger partial charge in [0.05, 0.1) is 5.39 Å². The van der Waals surface area contributed by atoms with E-state index in [-0.39, 0.29) is 5.82 Å². The van der Waals surface area contributed by atoms with Crippen LogP contribution in [0.4, 0.5) is 10.2 Å². The van der Waals surface area contributed by atoms with Crippen LogP contribution in [0.5, 0.6) is 0 Å². The van der Waals surface area contributed by atoms with Crippen molar-refractivity contribution in [3.05, 3.63) is 71.1 Å². The molecular formula is C19H15FN4S. The summed E-state index contributed by atoms with van der Waals surface area (Å²) in [6, 6.07) is 12.3. The van der Waals surface area contributed by atoms with Crippen LogP contribution in [-0.4, -0.2) is 15.0 Å². The predicted molar refractivity (Wildman–Crippen MR) is 99.1 cm³/mol. The fraction of sp³-hybridized carbons (Fsp3) is 0.105. The monoisotopic (exact) mass is 350 g/mol. The van der Waals surface area contributed by atoms with Gasteiger partial charge in [-0.2, -0.15) is 0 Å². The molecule has 0 saturated carbocycles. The number of benzene rings is 1. The summed E-state index contributed by atoms with van der Waals surface area (Å²) in [5.74, 6) is 1.18. The molecule has 0 aliphatic carbocycles. The Labute approximate surface area is 148 Å². The fourth-order valence-corrected chi connectivity index (χ4v) is 3.47. The Morgan fingerprint density at radius 3 is 2.72 bits per heavy atom. The minimum absolute atomic E-state index is 0.236. The van der Waals surface area contributed by atoms with Gasteiger partial charge in [0.1, 0.15) is 16.5 Å². The lowest BCUT2D eigenvalue weighted by atomic mass is 10.2. The summed E-state index contributed by atoms with van der Waals surface area (Å²) in [4.78, 5) is 15.6. The van der Waals surface area contributed by atoms with Crippen LogP contribution in [0.15, 0.2) is 54.9 Å². The molecule has 1 N–H and O–H groups in total. The number of pyridine rings is 1. The highest BCUT2D eigenvalue weighted by atomic mass is 32.1. The van der Waals surface area contributed by atoms with E-state index in [2.05, 4.69) is 33.3 Å². The number of aryl methyl sites for hydroxylation is 1. The van der Waals surface area contributed by atoms with E-state index in [1.54, 1.807) is 35.9 Å². The lowest BCUT2D eigenvalue weighted by molar-refractivity contribution is 0.627. The molecule has 0 spiro atoms. The maximum atomic E-state index is 13.1. The summed E-state index contributed by atoms with van der Waals surface area (Å²) in [6.07, 6.45) is 3.48. The molecule has 25 heavy (non-hydrogen) atoms. The van der Waals surface area contributed by atoms with Crippen LogP contribution in [-0.2, 0) is 6.54 Å². The first-order valence-corrected chi connectivity index (χ1v) is 8.67. The molecule has 6 heteroatoms. The largest absolute Gasteiger partial charge is 0.365 e. The van der Waals surface area contributed by atoms with Crippen molar-refractivity contribution in [1.29, 1.82) is 0 Å². The van der Waals surface area contributed by atoms with Gasteiger partial charge in [-0.05, 0) is 42.8 Å². The van der Waals surface area contributed by atoms with Crippen molar-refractivity contribution < 1.29 is 4.39 Å². The van der Waals surface area contributed by atoms with Gasteiger partial charge in [-0.1, -0.05) is 12.1 Å². The van der Waals surface area contributed by atoms with Gasteiger partial charge in [0, 0.05) is 29.4 Å². The van der Waals surface area contributed by atoms with Gasteiger partial charge in [0.15, 0.2) is 5.82 Å². The highest BCUT2D eigenvalue weighted by Gasteiger charge is 2.12. The summed E-state index contributed by atoms with van der Waals surface area (Å²) in [5, 5.41) is 4.36. The Hall–Kier alpha value is -2.86. The maximum absolute atomic E-state index is 13.1. The number of fused-ring (bicyclic) bond motifs is 1. The number of halogens is 1. The lowest BCUT2D eigenvalue weighted by Gasteiger charge is -2.09. The molecule has 0 radical (unpaired) electrons. The molecule has 4 nitrogen and oxygen atoms in total. The van der Waals surface area contributed by atoms with Gasteiger partial charge in [0.2, 0.25) is 0 Å². The lowest BCUT2D eigenvalue weighted by Crippen LogP contribution is -2.03. The van der Waals surface area contributed by atoms with Gasteiger partial charge < -0.3 is 5.32 Å². The summed E-state index contributed by atoms with van der Waals surface area (Å²) in [5.41, 5.74) is 1.86. The molecule has 0 unspecified atom stereocenters. The van der Waals surface area contributed by atoms with E-state index >= 15 is 0 Å². The van der Waals surface area contributed by atoms with Crippen LogP contribution in [0.1, 0.15) is 10.4 Å². The second kappa shape index (κ2) is 6.57. The first-order valence-electron chi connectivity index (χ1n) is 7.86. The van der Waals surface area contributed by atoms with Crippen molar-refractivity contribution in [2.75, 3.05) is 5.32 Å². The van der Waals surface area contributed by atoms with Gasteiger partial charge >= 0.3 is 0 Å². The Balaban J connectivity index is 1.72. The van der Waals surface area contributed by atoms with Gasteiger partial charge in [-0.25, -0.2) is 14.4 Å². The topological polar surface area (TPSA) is 50.7 Å². The number of thiophene rings is 1. The number of anilines is 1. The molecule has 3 aromatic heterocycles. The van der Waals surface area contributed by atoms with Crippen molar-refractivity contribution in [2.24, 2.45) is 0 Å².